The van der Waals surface area contributed by atoms with Crippen LogP contribution in [0.2, 0.25) is 0 Å². The Bertz CT molecular complexity index is 795. The molecule has 1 N–H and O–H groups in total. The summed E-state index contributed by atoms with van der Waals surface area (Å²) in [6.07, 6.45) is 2.34. The van der Waals surface area contributed by atoms with Gasteiger partial charge in [-0.05, 0) is 24.6 Å². The third kappa shape index (κ3) is 3.08. The molecule has 2 rings (SSSR count). The predicted molar refractivity (Wildman–Crippen MR) is 71.2 cm³/mol. The van der Waals surface area contributed by atoms with Crippen molar-refractivity contribution in [2.45, 2.75) is 11.8 Å². The molecule has 0 saturated carbocycles. The molecular formula is C12H10N2O6S. The molecule has 8 nitrogen and oxygen atoms in total. The lowest BCUT2D eigenvalue weighted by Crippen LogP contribution is -2.30. The van der Waals surface area contributed by atoms with Gasteiger partial charge in [0.25, 0.3) is 21.6 Å². The molecule has 0 unspecified atom stereocenters. The molecule has 0 atom stereocenters. The van der Waals surface area contributed by atoms with Crippen molar-refractivity contribution in [2.75, 3.05) is 0 Å². The van der Waals surface area contributed by atoms with Crippen molar-refractivity contribution in [1.82, 2.24) is 4.72 Å². The highest BCUT2D eigenvalue weighted by Crippen LogP contribution is 2.21. The second kappa shape index (κ2) is 5.37. The number of hydrogen-bond donors (Lipinski definition) is 1. The molecule has 1 heterocycles. The van der Waals surface area contributed by atoms with Gasteiger partial charge < -0.3 is 4.42 Å². The van der Waals surface area contributed by atoms with E-state index in [0.717, 1.165) is 24.5 Å². The van der Waals surface area contributed by atoms with Crippen molar-refractivity contribution in [2.24, 2.45) is 0 Å². The second-order valence-corrected chi connectivity index (χ2v) is 5.80. The number of non-ortho nitro benzene ring substituents is 1. The van der Waals surface area contributed by atoms with E-state index < -0.39 is 20.9 Å². The van der Waals surface area contributed by atoms with E-state index in [9.17, 15) is 23.3 Å². The van der Waals surface area contributed by atoms with Crippen LogP contribution in [0.3, 0.4) is 0 Å². The number of carbonyl (C=O) groups excluding carboxylic acids is 1. The van der Waals surface area contributed by atoms with Gasteiger partial charge in [0.15, 0.2) is 0 Å². The number of rotatable bonds is 4. The number of hydrogen-bond acceptors (Lipinski definition) is 6. The Hall–Kier alpha value is -2.68. The van der Waals surface area contributed by atoms with Gasteiger partial charge in [-0.25, -0.2) is 13.1 Å². The standard InChI is InChI=1S/C12H10N2O6S/c1-8-6-10(14(16)17)2-3-11(8)21(18,19)13-12(15)9-4-5-20-7-9/h2-7H,1H3,(H,13,15). The average molecular weight is 310 g/mol. The highest BCUT2D eigenvalue weighted by Gasteiger charge is 2.22. The van der Waals surface area contributed by atoms with E-state index in [1.807, 2.05) is 4.72 Å². The van der Waals surface area contributed by atoms with Crippen molar-refractivity contribution >= 4 is 21.6 Å². The van der Waals surface area contributed by atoms with Gasteiger partial charge in [-0.2, -0.15) is 0 Å². The molecule has 1 aromatic heterocycles. The maximum Gasteiger partial charge on any atom is 0.269 e. The van der Waals surface area contributed by atoms with E-state index in [0.29, 0.717) is 0 Å². The van der Waals surface area contributed by atoms with Crippen molar-refractivity contribution in [3.63, 3.8) is 0 Å². The lowest BCUT2D eigenvalue weighted by Gasteiger charge is -2.08. The first-order chi connectivity index (χ1) is 9.81. The van der Waals surface area contributed by atoms with Crippen LogP contribution in [0.4, 0.5) is 5.69 Å². The number of aryl methyl sites for hydroxylation is 1. The molecule has 9 heteroatoms. The molecule has 1 aromatic carbocycles. The Morgan fingerprint density at radius 2 is 2.05 bits per heavy atom. The minimum Gasteiger partial charge on any atom is -0.472 e. The number of nitro benzene ring substituents is 1. The fraction of sp³-hybridized carbons (Fsp3) is 0.0833. The molecule has 2 aromatic rings. The van der Waals surface area contributed by atoms with Crippen LogP contribution in [0, 0.1) is 17.0 Å². The average Bonchev–Trinajstić information content (AvgIpc) is 2.91. The maximum absolute atomic E-state index is 12.1. The minimum absolute atomic E-state index is 0.0538. The Balaban J connectivity index is 2.32. The molecule has 21 heavy (non-hydrogen) atoms. The highest BCUT2D eigenvalue weighted by molar-refractivity contribution is 7.90. The molecule has 0 bridgehead atoms. The SMILES string of the molecule is Cc1cc([N+](=O)[O-])ccc1S(=O)(=O)NC(=O)c1ccoc1. The van der Waals surface area contributed by atoms with Gasteiger partial charge in [0.2, 0.25) is 0 Å². The Labute approximate surface area is 119 Å². The van der Waals surface area contributed by atoms with Crippen LogP contribution < -0.4 is 4.72 Å². The van der Waals surface area contributed by atoms with Gasteiger partial charge in [0, 0.05) is 12.1 Å². The predicted octanol–water partition coefficient (Wildman–Crippen LogP) is 1.61. The third-order valence-electron chi connectivity index (χ3n) is 2.67. The summed E-state index contributed by atoms with van der Waals surface area (Å²) >= 11 is 0. The molecular weight excluding hydrogens is 300 g/mol. The van der Waals surface area contributed by atoms with E-state index in [-0.39, 0.29) is 21.7 Å². The summed E-state index contributed by atoms with van der Waals surface area (Å²) in [5.74, 6) is -0.846. The van der Waals surface area contributed by atoms with Crippen molar-refractivity contribution in [1.29, 1.82) is 0 Å². The number of amides is 1. The molecule has 0 fully saturated rings. The first-order valence-corrected chi connectivity index (χ1v) is 7.14. The number of nitrogens with zero attached hydrogens (tertiary/aromatic N) is 1. The largest absolute Gasteiger partial charge is 0.472 e. The van der Waals surface area contributed by atoms with E-state index >= 15 is 0 Å². The quantitative estimate of drug-likeness (QED) is 0.676. The number of benzene rings is 1. The van der Waals surface area contributed by atoms with Gasteiger partial charge >= 0.3 is 0 Å². The van der Waals surface area contributed by atoms with Crippen LogP contribution in [0.15, 0.2) is 46.1 Å². The van der Waals surface area contributed by atoms with Crippen LogP contribution in [-0.2, 0) is 10.0 Å². The first-order valence-electron chi connectivity index (χ1n) is 5.65. The van der Waals surface area contributed by atoms with Crippen molar-refractivity contribution in [3.05, 3.63) is 58.0 Å². The van der Waals surface area contributed by atoms with Gasteiger partial charge in [-0.3, -0.25) is 14.9 Å². The summed E-state index contributed by atoms with van der Waals surface area (Å²) in [5.41, 5.74) is -0.0116. The Morgan fingerprint density at radius 3 is 2.57 bits per heavy atom. The fourth-order valence-corrected chi connectivity index (χ4v) is 2.88. The van der Waals surface area contributed by atoms with Crippen LogP contribution in [0.25, 0.3) is 0 Å². The Kier molecular flexibility index (Phi) is 3.76. The normalized spacial score (nSPS) is 11.1. The molecule has 1 amide bonds. The molecule has 110 valence electrons. The van der Waals surface area contributed by atoms with Crippen LogP contribution in [0.5, 0.6) is 0 Å². The van der Waals surface area contributed by atoms with Gasteiger partial charge in [-0.1, -0.05) is 0 Å². The van der Waals surface area contributed by atoms with E-state index in [1.54, 1.807) is 0 Å². The lowest BCUT2D eigenvalue weighted by molar-refractivity contribution is -0.385. The summed E-state index contributed by atoms with van der Waals surface area (Å²) in [6, 6.07) is 4.58. The summed E-state index contributed by atoms with van der Waals surface area (Å²) in [7, 11) is -4.12. The minimum atomic E-state index is -4.12. The second-order valence-electron chi connectivity index (χ2n) is 4.15. The van der Waals surface area contributed by atoms with Crippen molar-refractivity contribution < 1.29 is 22.6 Å². The molecule has 0 aliphatic carbocycles. The van der Waals surface area contributed by atoms with E-state index in [1.165, 1.54) is 19.3 Å². The van der Waals surface area contributed by atoms with Crippen LogP contribution >= 0.6 is 0 Å². The summed E-state index contributed by atoms with van der Waals surface area (Å²) in [4.78, 5) is 21.5. The zero-order valence-electron chi connectivity index (χ0n) is 10.8. The van der Waals surface area contributed by atoms with E-state index in [2.05, 4.69) is 0 Å². The summed E-state index contributed by atoms with van der Waals surface area (Å²) < 4.78 is 30.8. The molecule has 0 aliphatic heterocycles. The van der Waals surface area contributed by atoms with Crippen molar-refractivity contribution in [3.8, 4) is 0 Å². The van der Waals surface area contributed by atoms with Gasteiger partial charge in [-0.15, -0.1) is 0 Å². The Morgan fingerprint density at radius 1 is 1.33 bits per heavy atom. The zero-order valence-corrected chi connectivity index (χ0v) is 11.6. The molecule has 0 spiro atoms. The topological polar surface area (TPSA) is 120 Å². The van der Waals surface area contributed by atoms with Crippen LogP contribution in [-0.4, -0.2) is 19.2 Å². The van der Waals surface area contributed by atoms with Gasteiger partial charge in [0.05, 0.1) is 21.6 Å². The monoisotopic (exact) mass is 310 g/mol. The number of carbonyl (C=O) groups is 1. The number of furan rings is 1. The number of nitro groups is 1. The van der Waals surface area contributed by atoms with E-state index in [4.69, 9.17) is 4.42 Å². The zero-order chi connectivity index (χ0) is 15.6. The fourth-order valence-electron chi connectivity index (χ4n) is 1.68. The molecule has 0 radical (unpaired) electrons. The smallest absolute Gasteiger partial charge is 0.269 e. The summed E-state index contributed by atoms with van der Waals surface area (Å²) in [6.45, 7) is 1.41. The lowest BCUT2D eigenvalue weighted by atomic mass is 10.2. The molecule has 0 aliphatic rings. The highest BCUT2D eigenvalue weighted by atomic mass is 32.2. The first kappa shape index (κ1) is 14.7. The maximum atomic E-state index is 12.1. The van der Waals surface area contributed by atoms with Gasteiger partial charge in [0.1, 0.15) is 6.26 Å². The van der Waals surface area contributed by atoms with Crippen LogP contribution in [0.1, 0.15) is 15.9 Å². The number of nitrogens with one attached hydrogen (secondary N) is 1. The number of sulfonamides is 1. The third-order valence-corrected chi connectivity index (χ3v) is 4.16. The molecule has 0 saturated heterocycles. The summed E-state index contributed by atoms with van der Waals surface area (Å²) in [5, 5.41) is 10.6.